The Bertz CT molecular complexity index is 1040. The Hall–Kier alpha value is -3.41. The van der Waals surface area contributed by atoms with E-state index in [0.29, 0.717) is 54.5 Å². The molecule has 6 N–H and O–H groups in total. The number of halogens is 1. The molecule has 2 atom stereocenters. The number of hydrogen-bond acceptors (Lipinski definition) is 9. The van der Waals surface area contributed by atoms with E-state index < -0.39 is 18.0 Å². The Labute approximate surface area is 220 Å². The van der Waals surface area contributed by atoms with Crippen molar-refractivity contribution >= 4 is 41.2 Å². The van der Waals surface area contributed by atoms with Gasteiger partial charge in [0.25, 0.3) is 6.47 Å². The van der Waals surface area contributed by atoms with Crippen molar-refractivity contribution in [2.24, 2.45) is 5.73 Å². The first-order valence-corrected chi connectivity index (χ1v) is 12.7. The lowest BCUT2D eigenvalue weighted by molar-refractivity contribution is -0.133. The van der Waals surface area contributed by atoms with E-state index in [-0.39, 0.29) is 19.0 Å². The van der Waals surface area contributed by atoms with E-state index in [1.54, 1.807) is 28.8 Å². The first-order valence-electron chi connectivity index (χ1n) is 11.7. The summed E-state index contributed by atoms with van der Waals surface area (Å²) in [5, 5.41) is 22.4. The number of nitrogens with zero attached hydrogens (tertiary/aromatic N) is 1. The first kappa shape index (κ1) is 29.8. The first-order chi connectivity index (χ1) is 17.7. The van der Waals surface area contributed by atoms with E-state index in [9.17, 15) is 19.1 Å². The van der Waals surface area contributed by atoms with E-state index in [2.05, 4.69) is 17.2 Å². The monoisotopic (exact) mass is 531 g/mol. The van der Waals surface area contributed by atoms with Gasteiger partial charge in [0.1, 0.15) is 11.9 Å². The van der Waals surface area contributed by atoms with E-state index >= 15 is 0 Å². The van der Waals surface area contributed by atoms with Crippen LogP contribution < -0.4 is 21.3 Å². The number of nitrogens with one attached hydrogen (secondary N) is 3. The van der Waals surface area contributed by atoms with Crippen LogP contribution in [0.15, 0.2) is 65.6 Å². The number of hydrogen-bond donors (Lipinski definition) is 5. The minimum absolute atomic E-state index is 0.166. The lowest BCUT2D eigenvalue weighted by atomic mass is 10.2. The molecule has 9 nitrogen and oxygen atoms in total. The predicted octanol–water partition coefficient (Wildman–Crippen LogP) is 2.41. The lowest BCUT2D eigenvalue weighted by Crippen LogP contribution is -2.36. The minimum Gasteiger partial charge on any atom is -0.461 e. The summed E-state index contributed by atoms with van der Waals surface area (Å²) in [5.74, 6) is 0.0235. The standard InChI is InChI=1S/C17H21FN4O3.C9H13NOS/c1-11-8-22(9-16(11)19)17-4-3-13(5-15(17)18)21-7-14(25-10-23)6-20-12(2)24;10-6-8(11)7-12-9-4-2-1-3-5-9/h3-5,10,14,19,21H,1,6-9H2,2H3,(H,20,24);1-5,8,11H,6-7,10H2. The number of benzene rings is 2. The Kier molecular flexibility index (Phi) is 12.6. The number of carbonyl (C=O) groups excluding carboxylic acids is 2. The molecule has 2 aromatic rings. The van der Waals surface area contributed by atoms with Crippen LogP contribution in [0.4, 0.5) is 15.8 Å². The van der Waals surface area contributed by atoms with Crippen LogP contribution in [-0.2, 0) is 14.3 Å². The highest BCUT2D eigenvalue weighted by Crippen LogP contribution is 2.26. The molecule has 37 heavy (non-hydrogen) atoms. The van der Waals surface area contributed by atoms with Crippen molar-refractivity contribution in [1.82, 2.24) is 5.32 Å². The van der Waals surface area contributed by atoms with Crippen LogP contribution in [0.5, 0.6) is 0 Å². The fourth-order valence-electron chi connectivity index (χ4n) is 3.24. The van der Waals surface area contributed by atoms with Gasteiger partial charge in [0, 0.05) is 36.3 Å². The van der Waals surface area contributed by atoms with Gasteiger partial charge in [0.05, 0.1) is 37.1 Å². The maximum Gasteiger partial charge on any atom is 0.293 e. The van der Waals surface area contributed by atoms with E-state index in [1.165, 1.54) is 17.9 Å². The van der Waals surface area contributed by atoms with Crippen molar-refractivity contribution in [3.8, 4) is 0 Å². The summed E-state index contributed by atoms with van der Waals surface area (Å²) < 4.78 is 19.2. The van der Waals surface area contributed by atoms with Crippen molar-refractivity contribution < 1.29 is 23.8 Å². The van der Waals surface area contributed by atoms with Gasteiger partial charge < -0.3 is 36.5 Å². The third-order valence-electron chi connectivity index (χ3n) is 5.26. The van der Waals surface area contributed by atoms with Crippen LogP contribution >= 0.6 is 11.8 Å². The second-order valence-electron chi connectivity index (χ2n) is 8.29. The molecule has 1 fully saturated rings. The van der Waals surface area contributed by atoms with E-state index in [0.717, 1.165) is 0 Å². The van der Waals surface area contributed by atoms with Gasteiger partial charge in [-0.25, -0.2) is 4.39 Å². The zero-order valence-electron chi connectivity index (χ0n) is 20.8. The van der Waals surface area contributed by atoms with Crippen molar-refractivity contribution in [2.45, 2.75) is 24.0 Å². The van der Waals surface area contributed by atoms with Crippen molar-refractivity contribution in [3.63, 3.8) is 0 Å². The molecule has 3 rings (SSSR count). The van der Waals surface area contributed by atoms with Crippen LogP contribution in [0.3, 0.4) is 0 Å². The second kappa shape index (κ2) is 15.6. The topological polar surface area (TPSA) is 141 Å². The maximum absolute atomic E-state index is 14.4. The highest BCUT2D eigenvalue weighted by molar-refractivity contribution is 7.99. The molecule has 0 spiro atoms. The van der Waals surface area contributed by atoms with E-state index in [4.69, 9.17) is 15.9 Å². The van der Waals surface area contributed by atoms with Crippen molar-refractivity contribution in [3.05, 3.63) is 66.5 Å². The zero-order chi connectivity index (χ0) is 27.2. The minimum atomic E-state index is -0.563. The smallest absolute Gasteiger partial charge is 0.293 e. The fourth-order valence-corrected chi connectivity index (χ4v) is 4.11. The number of amides is 1. The molecule has 0 aliphatic carbocycles. The Balaban J connectivity index is 0.000000335. The van der Waals surface area contributed by atoms with Crippen LogP contribution in [0.1, 0.15) is 6.92 Å². The molecule has 2 aromatic carbocycles. The molecule has 1 saturated heterocycles. The highest BCUT2D eigenvalue weighted by atomic mass is 32.2. The average molecular weight is 532 g/mol. The van der Waals surface area contributed by atoms with Gasteiger partial charge in [-0.2, -0.15) is 0 Å². The summed E-state index contributed by atoms with van der Waals surface area (Å²) in [7, 11) is 0. The highest BCUT2D eigenvalue weighted by Gasteiger charge is 2.23. The van der Waals surface area contributed by atoms with E-state index in [1.807, 2.05) is 30.3 Å². The summed E-state index contributed by atoms with van der Waals surface area (Å²) >= 11 is 1.62. The van der Waals surface area contributed by atoms with Crippen LogP contribution in [-0.4, -0.2) is 73.9 Å². The van der Waals surface area contributed by atoms with Gasteiger partial charge in [0.2, 0.25) is 5.91 Å². The number of ether oxygens (including phenoxy) is 1. The summed E-state index contributed by atoms with van der Waals surface area (Å²) in [4.78, 5) is 24.4. The predicted molar refractivity (Wildman–Crippen MR) is 146 cm³/mol. The van der Waals surface area contributed by atoms with Gasteiger partial charge in [0.15, 0.2) is 0 Å². The maximum atomic E-state index is 14.4. The summed E-state index contributed by atoms with van der Waals surface area (Å²) in [5.41, 5.74) is 7.31. The van der Waals surface area contributed by atoms with Gasteiger partial charge >= 0.3 is 0 Å². The quantitative estimate of drug-likeness (QED) is 0.208. The molecular formula is C26H34FN5O4S. The van der Waals surface area contributed by atoms with Gasteiger partial charge in [-0.1, -0.05) is 24.8 Å². The van der Waals surface area contributed by atoms with Gasteiger partial charge in [-0.05, 0) is 35.9 Å². The summed E-state index contributed by atoms with van der Waals surface area (Å²) in [6.45, 7) is 6.97. The van der Waals surface area contributed by atoms with Crippen LogP contribution in [0.25, 0.3) is 0 Å². The molecule has 0 saturated carbocycles. The molecular weight excluding hydrogens is 497 g/mol. The van der Waals surface area contributed by atoms with Crippen LogP contribution in [0, 0.1) is 11.2 Å². The number of nitrogens with two attached hydrogens (primary N) is 1. The third-order valence-corrected chi connectivity index (χ3v) is 6.42. The number of anilines is 2. The number of rotatable bonds is 12. The molecule has 2 unspecified atom stereocenters. The Morgan fingerprint density at radius 1 is 1.30 bits per heavy atom. The number of thioether (sulfide) groups is 1. The normalized spacial score (nSPS) is 14.3. The van der Waals surface area contributed by atoms with Crippen molar-refractivity contribution in [2.75, 3.05) is 48.7 Å². The largest absolute Gasteiger partial charge is 0.461 e. The molecule has 1 amide bonds. The Morgan fingerprint density at radius 2 is 2.03 bits per heavy atom. The SMILES string of the molecule is C=C1CN(c2ccc(NCC(CNC(C)=O)OC=O)cc2F)CC1=N.NCC(O)CSc1ccccc1. The second-order valence-corrected chi connectivity index (χ2v) is 9.38. The number of aliphatic hydroxyl groups is 1. The Morgan fingerprint density at radius 3 is 2.59 bits per heavy atom. The molecule has 0 bridgehead atoms. The fraction of sp³-hybridized carbons (Fsp3) is 0.346. The summed E-state index contributed by atoms with van der Waals surface area (Å²) in [6.07, 6.45) is -0.957. The van der Waals surface area contributed by atoms with Gasteiger partial charge in [-0.3, -0.25) is 9.59 Å². The number of carbonyl (C=O) groups is 2. The number of aliphatic hydroxyl groups excluding tert-OH is 1. The van der Waals surface area contributed by atoms with Crippen molar-refractivity contribution in [1.29, 1.82) is 5.41 Å². The average Bonchev–Trinajstić information content (AvgIpc) is 3.22. The molecule has 1 aliphatic heterocycles. The van der Waals surface area contributed by atoms with Crippen LogP contribution in [0.2, 0.25) is 0 Å². The molecule has 11 heteroatoms. The molecule has 200 valence electrons. The molecule has 0 radical (unpaired) electrons. The molecule has 1 aliphatic rings. The lowest BCUT2D eigenvalue weighted by Gasteiger charge is -2.20. The third kappa shape index (κ3) is 10.6. The molecule has 1 heterocycles. The summed E-state index contributed by atoms with van der Waals surface area (Å²) in [6, 6.07) is 14.7. The zero-order valence-corrected chi connectivity index (χ0v) is 21.6. The van der Waals surface area contributed by atoms with Gasteiger partial charge in [-0.15, -0.1) is 11.8 Å². The molecule has 0 aromatic heterocycles.